The Balaban J connectivity index is 4.23. The number of ketones is 2. The van der Waals surface area contributed by atoms with Crippen molar-refractivity contribution in [3.8, 4) is 0 Å². The van der Waals surface area contributed by atoms with Crippen LogP contribution in [0.4, 0.5) is 0 Å². The number of carbonyl (C=O) groups is 3. The summed E-state index contributed by atoms with van der Waals surface area (Å²) in [5, 5.41) is 8.39. The molecule has 0 aromatic rings. The number of aliphatic hydroxyl groups excluding tert-OH is 1. The maximum Gasteiger partial charge on any atom is 0.333 e. The highest BCUT2D eigenvalue weighted by Gasteiger charge is 2.08. The molecule has 0 bridgehead atoms. The van der Waals surface area contributed by atoms with Gasteiger partial charge in [-0.1, -0.05) is 0 Å². The Labute approximate surface area is 87.7 Å². The van der Waals surface area contributed by atoms with Gasteiger partial charge in [0.05, 0.1) is 13.0 Å². The van der Waals surface area contributed by atoms with Crippen molar-refractivity contribution in [1.29, 1.82) is 0 Å². The molecular formula is C10H14O5. The Bertz CT molecular complexity index is 290. The maximum atomic E-state index is 11.1. The summed E-state index contributed by atoms with van der Waals surface area (Å²) in [6.07, 6.45) is 0.853. The Morgan fingerprint density at radius 2 is 1.87 bits per heavy atom. The molecule has 0 heterocycles. The van der Waals surface area contributed by atoms with Gasteiger partial charge in [-0.2, -0.15) is 0 Å². The molecule has 0 aliphatic rings. The lowest BCUT2D eigenvalue weighted by Crippen LogP contribution is -2.11. The number of rotatable bonds is 6. The zero-order valence-electron chi connectivity index (χ0n) is 8.78. The van der Waals surface area contributed by atoms with Crippen LogP contribution in [0.5, 0.6) is 0 Å². The fourth-order valence-corrected chi connectivity index (χ4v) is 0.849. The van der Waals surface area contributed by atoms with Gasteiger partial charge < -0.3 is 9.84 Å². The van der Waals surface area contributed by atoms with E-state index in [2.05, 4.69) is 4.74 Å². The second-order valence-electron chi connectivity index (χ2n) is 3.03. The number of allylic oxidation sites excluding steroid dienone is 1. The molecule has 0 aromatic carbocycles. The predicted octanol–water partition coefficient (Wildman–Crippen LogP) is 0.0164. The molecule has 0 rings (SSSR count). The average Bonchev–Trinajstić information content (AvgIpc) is 2.12. The summed E-state index contributed by atoms with van der Waals surface area (Å²) >= 11 is 0. The van der Waals surface area contributed by atoms with Gasteiger partial charge in [-0.05, 0) is 19.9 Å². The normalized spacial score (nSPS) is 11.0. The quantitative estimate of drug-likeness (QED) is 0.383. The third-order valence-electron chi connectivity index (χ3n) is 1.45. The summed E-state index contributed by atoms with van der Waals surface area (Å²) < 4.78 is 4.56. The van der Waals surface area contributed by atoms with E-state index in [9.17, 15) is 14.4 Å². The van der Waals surface area contributed by atoms with Crippen molar-refractivity contribution in [2.24, 2.45) is 0 Å². The Kier molecular flexibility index (Phi) is 6.21. The van der Waals surface area contributed by atoms with Gasteiger partial charge in [-0.3, -0.25) is 9.59 Å². The van der Waals surface area contributed by atoms with E-state index in [4.69, 9.17) is 5.11 Å². The molecule has 0 atom stereocenters. The van der Waals surface area contributed by atoms with Crippen molar-refractivity contribution in [2.75, 3.05) is 13.2 Å². The molecule has 0 saturated heterocycles. The molecule has 0 radical (unpaired) electrons. The van der Waals surface area contributed by atoms with Crippen LogP contribution >= 0.6 is 0 Å². The predicted molar refractivity (Wildman–Crippen MR) is 52.1 cm³/mol. The number of esters is 1. The summed E-state index contributed by atoms with van der Waals surface area (Å²) in [4.78, 5) is 32.8. The van der Waals surface area contributed by atoms with E-state index >= 15 is 0 Å². The molecule has 15 heavy (non-hydrogen) atoms. The molecular weight excluding hydrogens is 200 g/mol. The van der Waals surface area contributed by atoms with Crippen molar-refractivity contribution in [3.05, 3.63) is 11.6 Å². The Hall–Kier alpha value is -1.49. The minimum atomic E-state index is -0.666. The number of aliphatic hydroxyl groups is 1. The van der Waals surface area contributed by atoms with Gasteiger partial charge in [0.1, 0.15) is 12.4 Å². The van der Waals surface area contributed by atoms with E-state index in [-0.39, 0.29) is 31.0 Å². The minimum absolute atomic E-state index is 0.106. The smallest absolute Gasteiger partial charge is 0.333 e. The summed E-state index contributed by atoms with van der Waals surface area (Å²) in [6, 6.07) is 0. The highest BCUT2D eigenvalue weighted by molar-refractivity contribution is 6.06. The van der Waals surface area contributed by atoms with Crippen LogP contribution in [0, 0.1) is 0 Å². The molecule has 0 spiro atoms. The van der Waals surface area contributed by atoms with Gasteiger partial charge in [-0.25, -0.2) is 4.79 Å². The topological polar surface area (TPSA) is 80.7 Å². The van der Waals surface area contributed by atoms with E-state index in [1.54, 1.807) is 0 Å². The van der Waals surface area contributed by atoms with Crippen LogP contribution in [0.25, 0.3) is 0 Å². The molecule has 1 N–H and O–H groups in total. The zero-order valence-corrected chi connectivity index (χ0v) is 8.78. The second-order valence-corrected chi connectivity index (χ2v) is 3.03. The lowest BCUT2D eigenvalue weighted by atomic mass is 10.1. The van der Waals surface area contributed by atoms with Crippen LogP contribution in [0.15, 0.2) is 11.6 Å². The molecule has 84 valence electrons. The molecule has 0 amide bonds. The third-order valence-corrected chi connectivity index (χ3v) is 1.45. The Morgan fingerprint density at radius 1 is 1.27 bits per heavy atom. The molecule has 5 nitrogen and oxygen atoms in total. The van der Waals surface area contributed by atoms with Gasteiger partial charge in [0.15, 0.2) is 5.78 Å². The fraction of sp³-hybridized carbons (Fsp3) is 0.500. The molecule has 0 unspecified atom stereocenters. The van der Waals surface area contributed by atoms with E-state index in [1.165, 1.54) is 13.8 Å². The second kappa shape index (κ2) is 6.89. The molecule has 0 aromatic heterocycles. The number of hydrogen-bond donors (Lipinski definition) is 1. The van der Waals surface area contributed by atoms with Gasteiger partial charge in [0, 0.05) is 5.57 Å². The summed E-state index contributed by atoms with van der Waals surface area (Å²) in [5.41, 5.74) is 0.120. The first-order chi connectivity index (χ1) is 6.97. The molecule has 5 heteroatoms. The molecule has 0 saturated carbocycles. The van der Waals surface area contributed by atoms with Crippen molar-refractivity contribution >= 4 is 17.5 Å². The van der Waals surface area contributed by atoms with E-state index < -0.39 is 11.8 Å². The van der Waals surface area contributed by atoms with Crippen LogP contribution in [0.2, 0.25) is 0 Å². The largest absolute Gasteiger partial charge is 0.460 e. The van der Waals surface area contributed by atoms with E-state index in [1.807, 2.05) is 0 Å². The number of carbonyl (C=O) groups excluding carboxylic acids is 3. The van der Waals surface area contributed by atoms with Crippen LogP contribution in [-0.4, -0.2) is 35.9 Å². The van der Waals surface area contributed by atoms with Crippen LogP contribution in [0.1, 0.15) is 20.3 Å². The highest BCUT2D eigenvalue weighted by Crippen LogP contribution is 1.99. The highest BCUT2D eigenvalue weighted by atomic mass is 16.5. The van der Waals surface area contributed by atoms with Crippen LogP contribution < -0.4 is 0 Å². The first-order valence-electron chi connectivity index (χ1n) is 4.46. The third kappa shape index (κ3) is 6.56. The van der Waals surface area contributed by atoms with E-state index in [0.29, 0.717) is 0 Å². The number of ether oxygens (including phenoxy) is 1. The first-order valence-corrected chi connectivity index (χ1v) is 4.46. The van der Waals surface area contributed by atoms with Gasteiger partial charge >= 0.3 is 5.97 Å². The lowest BCUT2D eigenvalue weighted by molar-refractivity contribution is -0.140. The summed E-state index contributed by atoms with van der Waals surface area (Å²) in [6.45, 7) is 2.34. The molecule has 0 fully saturated rings. The minimum Gasteiger partial charge on any atom is -0.460 e. The monoisotopic (exact) mass is 214 g/mol. The van der Waals surface area contributed by atoms with Crippen LogP contribution in [0.3, 0.4) is 0 Å². The molecule has 0 aliphatic heterocycles. The van der Waals surface area contributed by atoms with Crippen molar-refractivity contribution in [2.45, 2.75) is 20.3 Å². The van der Waals surface area contributed by atoms with Crippen molar-refractivity contribution < 1.29 is 24.2 Å². The van der Waals surface area contributed by atoms with Gasteiger partial charge in [0.25, 0.3) is 0 Å². The van der Waals surface area contributed by atoms with Crippen molar-refractivity contribution in [3.63, 3.8) is 0 Å². The van der Waals surface area contributed by atoms with Crippen LogP contribution in [-0.2, 0) is 19.1 Å². The summed E-state index contributed by atoms with van der Waals surface area (Å²) in [7, 11) is 0. The van der Waals surface area contributed by atoms with Gasteiger partial charge in [0.2, 0.25) is 0 Å². The summed E-state index contributed by atoms with van der Waals surface area (Å²) in [5.74, 6) is -1.35. The SMILES string of the molecule is CC(=O)CC(=O)C=C(C)C(=O)OCCO. The fourth-order valence-electron chi connectivity index (χ4n) is 0.849. The lowest BCUT2D eigenvalue weighted by Gasteiger charge is -2.01. The Morgan fingerprint density at radius 3 is 2.33 bits per heavy atom. The number of Topliss-reactive ketones (excluding diaryl/α,β-unsaturated/α-hetero) is 1. The number of hydrogen-bond acceptors (Lipinski definition) is 5. The zero-order chi connectivity index (χ0) is 11.8. The maximum absolute atomic E-state index is 11.1. The van der Waals surface area contributed by atoms with E-state index in [0.717, 1.165) is 6.08 Å². The standard InChI is InChI=1S/C10H14O5/c1-7(10(14)15-4-3-11)5-9(13)6-8(2)12/h5,11H,3-4,6H2,1-2H3. The average molecular weight is 214 g/mol. The van der Waals surface area contributed by atoms with Crippen molar-refractivity contribution in [1.82, 2.24) is 0 Å². The first kappa shape index (κ1) is 13.5. The van der Waals surface area contributed by atoms with Gasteiger partial charge in [-0.15, -0.1) is 0 Å². The molecule has 0 aliphatic carbocycles.